The van der Waals surface area contributed by atoms with E-state index in [0.717, 1.165) is 17.5 Å². The quantitative estimate of drug-likeness (QED) is 0.910. The molecule has 130 valence electrons. The second kappa shape index (κ2) is 7.47. The van der Waals surface area contributed by atoms with E-state index in [1.54, 1.807) is 23.1 Å². The summed E-state index contributed by atoms with van der Waals surface area (Å²) < 4.78 is 13.8. The van der Waals surface area contributed by atoms with Crippen LogP contribution in [0.25, 0.3) is 0 Å². The molecule has 0 aliphatic carbocycles. The van der Waals surface area contributed by atoms with Crippen molar-refractivity contribution in [3.05, 3.63) is 71.0 Å². The van der Waals surface area contributed by atoms with Crippen LogP contribution in [0.3, 0.4) is 0 Å². The number of hydrogen-bond acceptors (Lipinski definition) is 2. The number of halogens is 1. The molecule has 1 aliphatic rings. The fraction of sp³-hybridized carbons (Fsp3) is 0.300. The Morgan fingerprint density at radius 1 is 1.20 bits per heavy atom. The maximum Gasteiger partial charge on any atom is 0.247 e. The van der Waals surface area contributed by atoms with Crippen molar-refractivity contribution in [3.8, 4) is 0 Å². The van der Waals surface area contributed by atoms with E-state index in [1.165, 1.54) is 6.07 Å². The summed E-state index contributed by atoms with van der Waals surface area (Å²) in [6, 6.07) is 13.2. The molecule has 0 bridgehead atoms. The van der Waals surface area contributed by atoms with Gasteiger partial charge >= 0.3 is 0 Å². The third kappa shape index (κ3) is 3.55. The van der Waals surface area contributed by atoms with Gasteiger partial charge in [-0.05, 0) is 23.6 Å². The molecule has 0 radical (unpaired) electrons. The van der Waals surface area contributed by atoms with Crippen LogP contribution in [0.1, 0.15) is 36.1 Å². The van der Waals surface area contributed by atoms with Crippen LogP contribution in [0.4, 0.5) is 4.39 Å². The monoisotopic (exact) mass is 340 g/mol. The average molecular weight is 340 g/mol. The lowest BCUT2D eigenvalue weighted by atomic mass is 9.91. The number of fused-ring (bicyclic) bond motifs is 1. The van der Waals surface area contributed by atoms with Crippen molar-refractivity contribution in [2.75, 3.05) is 6.54 Å². The molecule has 1 N–H and O–H groups in total. The van der Waals surface area contributed by atoms with Gasteiger partial charge in [0.1, 0.15) is 11.9 Å². The fourth-order valence-electron chi connectivity index (χ4n) is 3.24. The van der Waals surface area contributed by atoms with Gasteiger partial charge in [-0.3, -0.25) is 9.59 Å². The molecule has 2 aromatic carbocycles. The van der Waals surface area contributed by atoms with Crippen LogP contribution >= 0.6 is 0 Å². The zero-order valence-electron chi connectivity index (χ0n) is 14.2. The van der Waals surface area contributed by atoms with Gasteiger partial charge in [0, 0.05) is 18.7 Å². The average Bonchev–Trinajstić information content (AvgIpc) is 2.61. The molecular weight excluding hydrogens is 319 g/mol. The van der Waals surface area contributed by atoms with E-state index in [0.29, 0.717) is 18.5 Å². The van der Waals surface area contributed by atoms with Gasteiger partial charge in [0.05, 0.1) is 6.42 Å². The molecule has 5 heteroatoms. The van der Waals surface area contributed by atoms with E-state index < -0.39 is 6.04 Å². The Morgan fingerprint density at radius 3 is 2.68 bits per heavy atom. The third-order valence-electron chi connectivity index (χ3n) is 4.45. The summed E-state index contributed by atoms with van der Waals surface area (Å²) in [6.45, 7) is 2.59. The highest BCUT2D eigenvalue weighted by Crippen LogP contribution is 2.30. The Hall–Kier alpha value is -2.69. The van der Waals surface area contributed by atoms with Crippen molar-refractivity contribution in [3.63, 3.8) is 0 Å². The number of nitrogens with zero attached hydrogens (tertiary/aromatic N) is 1. The Balaban J connectivity index is 1.85. The van der Waals surface area contributed by atoms with Crippen LogP contribution in [0.5, 0.6) is 0 Å². The molecule has 25 heavy (non-hydrogen) atoms. The van der Waals surface area contributed by atoms with E-state index >= 15 is 0 Å². The number of rotatable bonds is 5. The highest BCUT2D eigenvalue weighted by atomic mass is 19.1. The zero-order valence-corrected chi connectivity index (χ0v) is 14.2. The van der Waals surface area contributed by atoms with Crippen molar-refractivity contribution < 1.29 is 14.0 Å². The molecule has 0 spiro atoms. The topological polar surface area (TPSA) is 49.4 Å². The maximum absolute atomic E-state index is 13.8. The fourth-order valence-corrected chi connectivity index (χ4v) is 3.24. The van der Waals surface area contributed by atoms with Gasteiger partial charge in [-0.15, -0.1) is 0 Å². The first-order chi connectivity index (χ1) is 12.1. The number of nitrogens with one attached hydrogen (secondary N) is 1. The van der Waals surface area contributed by atoms with E-state index in [9.17, 15) is 14.0 Å². The maximum atomic E-state index is 13.8. The summed E-state index contributed by atoms with van der Waals surface area (Å²) in [4.78, 5) is 26.9. The van der Waals surface area contributed by atoms with E-state index in [4.69, 9.17) is 0 Å². The second-order valence-electron chi connectivity index (χ2n) is 6.17. The third-order valence-corrected chi connectivity index (χ3v) is 4.45. The van der Waals surface area contributed by atoms with Gasteiger partial charge in [0.2, 0.25) is 11.8 Å². The van der Waals surface area contributed by atoms with Crippen LogP contribution in [0.15, 0.2) is 48.5 Å². The predicted octanol–water partition coefficient (Wildman–Crippen LogP) is 2.98. The first-order valence-electron chi connectivity index (χ1n) is 8.50. The summed E-state index contributed by atoms with van der Waals surface area (Å²) >= 11 is 0. The lowest BCUT2D eigenvalue weighted by Crippen LogP contribution is -2.47. The SMILES string of the molecule is CCCN1C(=O)Cc2ccccc2[C@H]1C(=O)NCc1ccccc1F. The lowest BCUT2D eigenvalue weighted by Gasteiger charge is -2.36. The minimum atomic E-state index is -0.663. The van der Waals surface area contributed by atoms with Crippen LogP contribution in [0.2, 0.25) is 0 Å². The molecular formula is C20H21FN2O2. The Labute approximate surface area is 146 Å². The molecule has 3 rings (SSSR count). The number of amides is 2. The smallest absolute Gasteiger partial charge is 0.247 e. The van der Waals surface area contributed by atoms with Crippen LogP contribution in [-0.4, -0.2) is 23.3 Å². The summed E-state index contributed by atoms with van der Waals surface area (Å²) in [5, 5.41) is 2.79. The van der Waals surface area contributed by atoms with Crippen molar-refractivity contribution >= 4 is 11.8 Å². The van der Waals surface area contributed by atoms with Crippen molar-refractivity contribution in [1.29, 1.82) is 0 Å². The Bertz CT molecular complexity index is 791. The van der Waals surface area contributed by atoms with Gasteiger partial charge in [-0.2, -0.15) is 0 Å². The molecule has 1 atom stereocenters. The van der Waals surface area contributed by atoms with Gasteiger partial charge in [-0.1, -0.05) is 49.4 Å². The Morgan fingerprint density at radius 2 is 1.92 bits per heavy atom. The molecule has 0 unspecified atom stereocenters. The van der Waals surface area contributed by atoms with Crippen molar-refractivity contribution in [2.45, 2.75) is 32.4 Å². The Kier molecular flexibility index (Phi) is 5.12. The predicted molar refractivity (Wildman–Crippen MR) is 93.1 cm³/mol. The number of hydrogen-bond donors (Lipinski definition) is 1. The minimum Gasteiger partial charge on any atom is -0.350 e. The van der Waals surface area contributed by atoms with E-state index in [2.05, 4.69) is 5.32 Å². The van der Waals surface area contributed by atoms with Crippen LogP contribution in [0, 0.1) is 5.82 Å². The number of carbonyl (C=O) groups is 2. The molecule has 0 aromatic heterocycles. The lowest BCUT2D eigenvalue weighted by molar-refractivity contribution is -0.141. The van der Waals surface area contributed by atoms with Gasteiger partial charge in [0.15, 0.2) is 0 Å². The highest BCUT2D eigenvalue weighted by molar-refractivity contribution is 5.92. The van der Waals surface area contributed by atoms with Crippen molar-refractivity contribution in [2.24, 2.45) is 0 Å². The molecule has 0 saturated heterocycles. The van der Waals surface area contributed by atoms with Gasteiger partial charge < -0.3 is 10.2 Å². The highest BCUT2D eigenvalue weighted by Gasteiger charge is 2.36. The van der Waals surface area contributed by atoms with Gasteiger partial charge in [-0.25, -0.2) is 4.39 Å². The molecule has 1 aliphatic heterocycles. The molecule has 2 amide bonds. The zero-order chi connectivity index (χ0) is 17.8. The molecule has 4 nitrogen and oxygen atoms in total. The van der Waals surface area contributed by atoms with E-state index in [1.807, 2.05) is 31.2 Å². The number of carbonyl (C=O) groups excluding carboxylic acids is 2. The summed E-state index contributed by atoms with van der Waals surface area (Å²) in [5.41, 5.74) is 2.15. The minimum absolute atomic E-state index is 0.0495. The van der Waals surface area contributed by atoms with Crippen LogP contribution in [-0.2, 0) is 22.6 Å². The van der Waals surface area contributed by atoms with Crippen molar-refractivity contribution in [1.82, 2.24) is 10.2 Å². The standard InChI is InChI=1S/C20H21FN2O2/c1-2-11-23-18(24)12-14-7-3-5-9-16(14)19(23)20(25)22-13-15-8-4-6-10-17(15)21/h3-10,19H,2,11-13H2,1H3,(H,22,25)/t19-/m0/s1. The molecule has 1 heterocycles. The summed E-state index contributed by atoms with van der Waals surface area (Å²) in [6.07, 6.45) is 1.08. The van der Waals surface area contributed by atoms with E-state index in [-0.39, 0.29) is 24.2 Å². The first-order valence-corrected chi connectivity index (χ1v) is 8.50. The normalized spacial score (nSPS) is 16.5. The van der Waals surface area contributed by atoms with Gasteiger partial charge in [0.25, 0.3) is 0 Å². The largest absolute Gasteiger partial charge is 0.350 e. The summed E-state index contributed by atoms with van der Waals surface area (Å²) in [7, 11) is 0. The number of benzene rings is 2. The molecule has 0 fully saturated rings. The molecule has 2 aromatic rings. The second-order valence-corrected chi connectivity index (χ2v) is 6.17. The van der Waals surface area contributed by atoms with Crippen LogP contribution < -0.4 is 5.32 Å². The summed E-state index contributed by atoms with van der Waals surface area (Å²) in [5.74, 6) is -0.683. The first kappa shape index (κ1) is 17.1. The molecule has 0 saturated carbocycles.